The van der Waals surface area contributed by atoms with Gasteiger partial charge >= 0.3 is 0 Å². The molecule has 5 heteroatoms. The summed E-state index contributed by atoms with van der Waals surface area (Å²) in [5.74, 6) is 0.888. The van der Waals surface area contributed by atoms with Gasteiger partial charge in [-0.3, -0.25) is 4.79 Å². The molecule has 3 N–H and O–H groups in total. The molecule has 0 aliphatic rings. The second kappa shape index (κ2) is 9.74. The van der Waals surface area contributed by atoms with Crippen LogP contribution < -0.4 is 15.8 Å². The van der Waals surface area contributed by atoms with Gasteiger partial charge in [0.1, 0.15) is 5.75 Å². The molecule has 0 atom stereocenters. The number of amides is 1. The summed E-state index contributed by atoms with van der Waals surface area (Å²) in [5.41, 5.74) is 8.62. The van der Waals surface area contributed by atoms with E-state index in [0.29, 0.717) is 19.4 Å². The van der Waals surface area contributed by atoms with Crippen molar-refractivity contribution in [2.75, 3.05) is 19.4 Å². The van der Waals surface area contributed by atoms with Crippen LogP contribution in [0.3, 0.4) is 0 Å². The van der Waals surface area contributed by atoms with Crippen LogP contribution in [0, 0.1) is 0 Å². The molecule has 0 unspecified atom stereocenters. The van der Waals surface area contributed by atoms with Crippen molar-refractivity contribution in [2.45, 2.75) is 19.3 Å². The number of halogens is 1. The first-order valence-electron chi connectivity index (χ1n) is 7.42. The third-order valence-corrected chi connectivity index (χ3v) is 3.53. The van der Waals surface area contributed by atoms with Gasteiger partial charge in [-0.15, -0.1) is 12.4 Å². The smallest absolute Gasteiger partial charge is 0.220 e. The van der Waals surface area contributed by atoms with Crippen molar-refractivity contribution in [2.24, 2.45) is 0 Å². The summed E-state index contributed by atoms with van der Waals surface area (Å²) in [7, 11) is 1.64. The quantitative estimate of drug-likeness (QED) is 0.765. The molecule has 0 saturated heterocycles. The zero-order valence-corrected chi connectivity index (χ0v) is 14.1. The van der Waals surface area contributed by atoms with Crippen molar-refractivity contribution in [1.29, 1.82) is 0 Å². The number of carbonyl (C=O) groups is 1. The number of methoxy groups -OCH3 is 1. The number of rotatable bonds is 7. The Bertz CT molecular complexity index is 615. The highest BCUT2D eigenvalue weighted by atomic mass is 35.5. The van der Waals surface area contributed by atoms with Crippen LogP contribution in [-0.4, -0.2) is 19.6 Å². The number of carbonyl (C=O) groups excluding carboxylic acids is 1. The van der Waals surface area contributed by atoms with E-state index in [-0.39, 0.29) is 18.3 Å². The first-order chi connectivity index (χ1) is 10.7. The molecule has 0 aliphatic carbocycles. The lowest BCUT2D eigenvalue weighted by Gasteiger charge is -2.08. The molecule has 124 valence electrons. The van der Waals surface area contributed by atoms with Crippen molar-refractivity contribution >= 4 is 24.0 Å². The molecule has 2 rings (SSSR count). The summed E-state index contributed by atoms with van der Waals surface area (Å²) in [5, 5.41) is 2.94. The maximum atomic E-state index is 11.9. The summed E-state index contributed by atoms with van der Waals surface area (Å²) in [6.07, 6.45) is 1.94. The number of ether oxygens (including phenoxy) is 1. The molecule has 0 spiro atoms. The third kappa shape index (κ3) is 6.20. The Morgan fingerprint density at radius 3 is 2.48 bits per heavy atom. The normalized spacial score (nSPS) is 9.78. The number of nitrogen functional groups attached to an aromatic ring is 1. The molecule has 0 radical (unpaired) electrons. The molecule has 0 fully saturated rings. The Hall–Kier alpha value is -2.20. The Labute approximate surface area is 143 Å². The highest BCUT2D eigenvalue weighted by Crippen LogP contribution is 2.18. The van der Waals surface area contributed by atoms with Gasteiger partial charge in [-0.05, 0) is 42.2 Å². The fraction of sp³-hybridized carbons (Fsp3) is 0.278. The minimum atomic E-state index is 0. The fourth-order valence-corrected chi connectivity index (χ4v) is 2.28. The molecule has 0 heterocycles. The molecule has 2 aromatic carbocycles. The standard InChI is InChI=1S/C18H22N2O2.ClH/c1-22-17-5-3-2-4-15(17)8-11-18(21)20-13-12-14-6-9-16(19)10-7-14;/h2-7,9-10H,8,11-13,19H2,1H3,(H,20,21);1H. The largest absolute Gasteiger partial charge is 0.496 e. The zero-order chi connectivity index (χ0) is 15.8. The van der Waals surface area contributed by atoms with E-state index in [1.54, 1.807) is 7.11 Å². The maximum absolute atomic E-state index is 11.9. The number of nitrogens with two attached hydrogens (primary N) is 1. The number of nitrogens with one attached hydrogen (secondary N) is 1. The molecule has 1 amide bonds. The van der Waals surface area contributed by atoms with Crippen LogP contribution in [0.5, 0.6) is 5.75 Å². The van der Waals surface area contributed by atoms with Crippen LogP contribution in [0.1, 0.15) is 17.5 Å². The van der Waals surface area contributed by atoms with E-state index in [2.05, 4.69) is 5.32 Å². The lowest BCUT2D eigenvalue weighted by Crippen LogP contribution is -2.25. The van der Waals surface area contributed by atoms with Crippen molar-refractivity contribution in [3.8, 4) is 5.75 Å². The van der Waals surface area contributed by atoms with E-state index >= 15 is 0 Å². The van der Waals surface area contributed by atoms with Crippen LogP contribution >= 0.6 is 12.4 Å². The maximum Gasteiger partial charge on any atom is 0.220 e. The van der Waals surface area contributed by atoms with E-state index in [1.165, 1.54) is 5.56 Å². The topological polar surface area (TPSA) is 64.3 Å². The molecule has 23 heavy (non-hydrogen) atoms. The summed E-state index contributed by atoms with van der Waals surface area (Å²) in [6.45, 7) is 0.634. The van der Waals surface area contributed by atoms with Crippen LogP contribution in [-0.2, 0) is 17.6 Å². The van der Waals surface area contributed by atoms with Crippen molar-refractivity contribution < 1.29 is 9.53 Å². The molecule has 0 saturated carbocycles. The van der Waals surface area contributed by atoms with Gasteiger partial charge < -0.3 is 15.8 Å². The second-order valence-corrected chi connectivity index (χ2v) is 5.15. The van der Waals surface area contributed by atoms with E-state index in [9.17, 15) is 4.79 Å². The Kier molecular flexibility index (Phi) is 7.98. The predicted molar refractivity (Wildman–Crippen MR) is 96.1 cm³/mol. The predicted octanol–water partition coefficient (Wildman–Crippen LogP) is 2.99. The molecular formula is C18H23ClN2O2. The van der Waals surface area contributed by atoms with Crippen molar-refractivity contribution in [3.63, 3.8) is 0 Å². The van der Waals surface area contributed by atoms with Crippen molar-refractivity contribution in [1.82, 2.24) is 5.32 Å². The van der Waals surface area contributed by atoms with Gasteiger partial charge in [0.2, 0.25) is 5.91 Å². The average molecular weight is 335 g/mol. The number of hydrogen-bond acceptors (Lipinski definition) is 3. The van der Waals surface area contributed by atoms with Gasteiger partial charge in [0, 0.05) is 18.7 Å². The number of anilines is 1. The van der Waals surface area contributed by atoms with Gasteiger partial charge in [-0.25, -0.2) is 0 Å². The van der Waals surface area contributed by atoms with E-state index in [1.807, 2.05) is 48.5 Å². The van der Waals surface area contributed by atoms with E-state index < -0.39 is 0 Å². The van der Waals surface area contributed by atoms with Gasteiger partial charge in [0.05, 0.1) is 7.11 Å². The Balaban J connectivity index is 0.00000264. The van der Waals surface area contributed by atoms with Crippen LogP contribution in [0.4, 0.5) is 5.69 Å². The van der Waals surface area contributed by atoms with Crippen LogP contribution in [0.25, 0.3) is 0 Å². The van der Waals surface area contributed by atoms with Gasteiger partial charge in [0.25, 0.3) is 0 Å². The zero-order valence-electron chi connectivity index (χ0n) is 13.2. The van der Waals surface area contributed by atoms with Gasteiger partial charge in [-0.1, -0.05) is 30.3 Å². The Morgan fingerprint density at radius 2 is 1.78 bits per heavy atom. The number of para-hydroxylation sites is 1. The first-order valence-corrected chi connectivity index (χ1v) is 7.42. The lowest BCUT2D eigenvalue weighted by atomic mass is 10.1. The SMILES string of the molecule is COc1ccccc1CCC(=O)NCCc1ccc(N)cc1.Cl. The van der Waals surface area contributed by atoms with Gasteiger partial charge in [0.15, 0.2) is 0 Å². The molecule has 2 aromatic rings. The summed E-state index contributed by atoms with van der Waals surface area (Å²) >= 11 is 0. The molecule has 0 aliphatic heterocycles. The molecule has 0 aromatic heterocycles. The number of hydrogen-bond donors (Lipinski definition) is 2. The number of benzene rings is 2. The fourth-order valence-electron chi connectivity index (χ4n) is 2.28. The minimum absolute atomic E-state index is 0. The minimum Gasteiger partial charge on any atom is -0.496 e. The highest BCUT2D eigenvalue weighted by molar-refractivity contribution is 5.85. The average Bonchev–Trinajstić information content (AvgIpc) is 2.55. The van der Waals surface area contributed by atoms with Crippen molar-refractivity contribution in [3.05, 3.63) is 59.7 Å². The Morgan fingerprint density at radius 1 is 1.09 bits per heavy atom. The highest BCUT2D eigenvalue weighted by Gasteiger charge is 2.05. The van der Waals surface area contributed by atoms with Crippen LogP contribution in [0.15, 0.2) is 48.5 Å². The van der Waals surface area contributed by atoms with E-state index in [0.717, 1.165) is 23.4 Å². The first kappa shape index (κ1) is 18.8. The third-order valence-electron chi connectivity index (χ3n) is 3.53. The summed E-state index contributed by atoms with van der Waals surface area (Å²) in [6, 6.07) is 15.5. The lowest BCUT2D eigenvalue weighted by molar-refractivity contribution is -0.121. The summed E-state index contributed by atoms with van der Waals surface area (Å²) < 4.78 is 5.28. The van der Waals surface area contributed by atoms with Crippen LogP contribution in [0.2, 0.25) is 0 Å². The van der Waals surface area contributed by atoms with Gasteiger partial charge in [-0.2, -0.15) is 0 Å². The van der Waals surface area contributed by atoms with E-state index in [4.69, 9.17) is 10.5 Å². The molecular weight excluding hydrogens is 312 g/mol. The molecule has 4 nitrogen and oxygen atoms in total. The summed E-state index contributed by atoms with van der Waals surface area (Å²) in [4.78, 5) is 11.9. The number of aryl methyl sites for hydroxylation is 1. The monoisotopic (exact) mass is 334 g/mol. The second-order valence-electron chi connectivity index (χ2n) is 5.15. The molecule has 0 bridgehead atoms.